The highest BCUT2D eigenvalue weighted by Gasteiger charge is 2.40. The number of nitrogens with one attached hydrogen (secondary N) is 3. The van der Waals surface area contributed by atoms with Gasteiger partial charge in [-0.15, -0.1) is 0 Å². The van der Waals surface area contributed by atoms with E-state index in [0.717, 1.165) is 18.1 Å². The van der Waals surface area contributed by atoms with Crippen LogP contribution in [0.5, 0.6) is 11.5 Å². The maximum atomic E-state index is 13.6. The van der Waals surface area contributed by atoms with Crippen LogP contribution in [0.2, 0.25) is 0 Å². The van der Waals surface area contributed by atoms with Crippen molar-refractivity contribution in [2.75, 3.05) is 30.5 Å². The summed E-state index contributed by atoms with van der Waals surface area (Å²) in [6, 6.07) is 11.0. The van der Waals surface area contributed by atoms with Crippen LogP contribution in [0.4, 0.5) is 29.3 Å². The van der Waals surface area contributed by atoms with Gasteiger partial charge in [-0.05, 0) is 55.3 Å². The van der Waals surface area contributed by atoms with E-state index >= 15 is 0 Å². The molecule has 0 atom stereocenters. The third kappa shape index (κ3) is 6.42. The predicted octanol–water partition coefficient (Wildman–Crippen LogP) is 5.66. The van der Waals surface area contributed by atoms with Crippen molar-refractivity contribution in [1.82, 2.24) is 4.98 Å². The van der Waals surface area contributed by atoms with Gasteiger partial charge in [0.1, 0.15) is 5.75 Å². The van der Waals surface area contributed by atoms with E-state index in [-0.39, 0.29) is 36.0 Å². The first-order valence-corrected chi connectivity index (χ1v) is 11.6. The van der Waals surface area contributed by atoms with E-state index in [0.29, 0.717) is 17.9 Å². The van der Waals surface area contributed by atoms with Gasteiger partial charge in [-0.1, -0.05) is 19.1 Å². The summed E-state index contributed by atoms with van der Waals surface area (Å²) in [5.74, 6) is -0.115. The van der Waals surface area contributed by atoms with Crippen LogP contribution in [-0.4, -0.2) is 36.4 Å². The molecule has 3 aromatic rings. The third-order valence-electron chi connectivity index (χ3n) is 5.52. The molecule has 2 heterocycles. The Labute approximate surface area is 210 Å². The van der Waals surface area contributed by atoms with Crippen LogP contribution >= 0.6 is 0 Å². The lowest BCUT2D eigenvalue weighted by atomic mass is 10.0. The van der Waals surface area contributed by atoms with Gasteiger partial charge in [0, 0.05) is 23.1 Å². The van der Waals surface area contributed by atoms with E-state index in [4.69, 9.17) is 14.2 Å². The van der Waals surface area contributed by atoms with E-state index in [1.807, 2.05) is 6.92 Å². The molecule has 3 N–H and O–H groups in total. The van der Waals surface area contributed by atoms with Crippen molar-refractivity contribution in [3.05, 3.63) is 70.6 Å². The van der Waals surface area contributed by atoms with Crippen molar-refractivity contribution >= 4 is 17.4 Å². The molecule has 0 saturated carbocycles. The van der Waals surface area contributed by atoms with Crippen molar-refractivity contribution in [3.8, 4) is 22.6 Å². The molecule has 2 aromatic carbocycles. The highest BCUT2D eigenvalue weighted by atomic mass is 19.4. The molecule has 1 aliphatic heterocycles. The van der Waals surface area contributed by atoms with Gasteiger partial charge in [-0.25, -0.2) is 4.79 Å². The minimum Gasteiger partial charge on any atom is -0.488 e. The number of rotatable bonds is 8. The van der Waals surface area contributed by atoms with Crippen LogP contribution < -0.4 is 25.7 Å². The summed E-state index contributed by atoms with van der Waals surface area (Å²) in [6.45, 7) is 4.41. The normalized spacial score (nSPS) is 14.4. The first kappa shape index (κ1) is 26.1. The maximum Gasteiger partial charge on any atom is 0.420 e. The number of alkyl halides is 3. The summed E-state index contributed by atoms with van der Waals surface area (Å²) >= 11 is 0. The molecule has 0 unspecified atom stereocenters. The Bertz CT molecular complexity index is 1320. The molecule has 1 aliphatic rings. The largest absolute Gasteiger partial charge is 0.488 e. The number of hydrogen-bond donors (Lipinski definition) is 3. The number of hydrogen-bond acceptors (Lipinski definition) is 5. The van der Waals surface area contributed by atoms with Gasteiger partial charge in [0.15, 0.2) is 11.4 Å². The zero-order chi connectivity index (χ0) is 26.6. The standard InChI is InChI=1S/C26H26F3N3O5/c1-3-10-36-22-11-17(13-30-23(22)33)16-4-6-18(7-5-16)31-24(34)32-19-8-9-21(20(12-19)26(27,28)29)37-25(2)14-35-15-25/h4-9,11-13H,3,10,14-15H2,1-2H3,(H,30,33)(H2,31,32,34). The second kappa shape index (κ2) is 10.6. The predicted molar refractivity (Wildman–Crippen MR) is 132 cm³/mol. The molecule has 196 valence electrons. The van der Waals surface area contributed by atoms with Crippen LogP contribution in [-0.2, 0) is 10.9 Å². The number of carbonyl (C=O) groups is 1. The van der Waals surface area contributed by atoms with Gasteiger partial charge < -0.3 is 29.8 Å². The Morgan fingerprint density at radius 3 is 2.32 bits per heavy atom. The SMILES string of the molecule is CCCOc1cc(-c2ccc(NC(=O)Nc3ccc(OC4(C)COC4)c(C(F)(F)F)c3)cc2)c[nH]c1=O. The number of carbonyl (C=O) groups excluding carboxylic acids is 1. The average Bonchev–Trinajstić information content (AvgIpc) is 2.83. The van der Waals surface area contributed by atoms with Crippen molar-refractivity contribution in [3.63, 3.8) is 0 Å². The van der Waals surface area contributed by atoms with Crippen molar-refractivity contribution in [2.24, 2.45) is 0 Å². The van der Waals surface area contributed by atoms with Gasteiger partial charge in [-0.2, -0.15) is 13.2 Å². The van der Waals surface area contributed by atoms with Gasteiger partial charge in [-0.3, -0.25) is 4.79 Å². The number of benzene rings is 2. The molecule has 11 heteroatoms. The number of halogens is 3. The van der Waals surface area contributed by atoms with Crippen LogP contribution in [0, 0.1) is 0 Å². The molecule has 1 fully saturated rings. The smallest absolute Gasteiger partial charge is 0.420 e. The zero-order valence-electron chi connectivity index (χ0n) is 20.2. The molecule has 0 spiro atoms. The maximum absolute atomic E-state index is 13.6. The van der Waals surface area contributed by atoms with Crippen LogP contribution in [0.3, 0.4) is 0 Å². The van der Waals surface area contributed by atoms with E-state index in [2.05, 4.69) is 15.6 Å². The Hall–Kier alpha value is -3.99. The summed E-state index contributed by atoms with van der Waals surface area (Å²) in [5, 5.41) is 5.00. The molecule has 0 radical (unpaired) electrons. The fraction of sp³-hybridized carbons (Fsp3) is 0.308. The third-order valence-corrected chi connectivity index (χ3v) is 5.52. The van der Waals surface area contributed by atoms with Crippen molar-refractivity contribution < 1.29 is 32.2 Å². The zero-order valence-corrected chi connectivity index (χ0v) is 20.2. The Morgan fingerprint density at radius 2 is 1.70 bits per heavy atom. The summed E-state index contributed by atoms with van der Waals surface area (Å²) in [5.41, 5.74) is -0.292. The van der Waals surface area contributed by atoms with Crippen LogP contribution in [0.15, 0.2) is 59.5 Å². The lowest BCUT2D eigenvalue weighted by molar-refractivity contribution is -0.160. The summed E-state index contributed by atoms with van der Waals surface area (Å²) < 4.78 is 56.9. The van der Waals surface area contributed by atoms with Crippen molar-refractivity contribution in [1.29, 1.82) is 0 Å². The molecule has 1 saturated heterocycles. The molecular formula is C26H26F3N3O5. The highest BCUT2D eigenvalue weighted by Crippen LogP contribution is 2.40. The molecular weight excluding hydrogens is 491 g/mol. The second-order valence-electron chi connectivity index (χ2n) is 8.84. The Balaban J connectivity index is 1.43. The van der Waals surface area contributed by atoms with Gasteiger partial charge >= 0.3 is 12.2 Å². The average molecular weight is 518 g/mol. The number of amides is 2. The van der Waals surface area contributed by atoms with Crippen LogP contribution in [0.1, 0.15) is 25.8 Å². The number of aromatic amines is 1. The summed E-state index contributed by atoms with van der Waals surface area (Å²) in [4.78, 5) is 27.0. The topological polar surface area (TPSA) is 102 Å². The number of ether oxygens (including phenoxy) is 3. The number of anilines is 2. The molecule has 1 aromatic heterocycles. The van der Waals surface area contributed by atoms with E-state index in [1.165, 1.54) is 12.1 Å². The number of aromatic nitrogens is 1. The number of urea groups is 1. The fourth-order valence-corrected chi connectivity index (χ4v) is 3.62. The van der Waals surface area contributed by atoms with Gasteiger partial charge in [0.2, 0.25) is 0 Å². The molecule has 37 heavy (non-hydrogen) atoms. The number of H-pyrrole nitrogens is 1. The quantitative estimate of drug-likeness (QED) is 0.358. The van der Waals surface area contributed by atoms with E-state index < -0.39 is 23.4 Å². The minimum absolute atomic E-state index is 0.0448. The Morgan fingerprint density at radius 1 is 1.03 bits per heavy atom. The number of pyridine rings is 1. The van der Waals surface area contributed by atoms with Gasteiger partial charge in [0.25, 0.3) is 5.56 Å². The van der Waals surface area contributed by atoms with Crippen LogP contribution in [0.25, 0.3) is 11.1 Å². The molecule has 2 amide bonds. The first-order chi connectivity index (χ1) is 17.6. The summed E-state index contributed by atoms with van der Waals surface area (Å²) in [6.07, 6.45) is -2.36. The highest BCUT2D eigenvalue weighted by molar-refractivity contribution is 6.00. The van der Waals surface area contributed by atoms with Crippen molar-refractivity contribution in [2.45, 2.75) is 32.0 Å². The molecule has 8 nitrogen and oxygen atoms in total. The van der Waals surface area contributed by atoms with E-state index in [1.54, 1.807) is 43.5 Å². The lowest BCUT2D eigenvalue weighted by Crippen LogP contribution is -2.51. The summed E-state index contributed by atoms with van der Waals surface area (Å²) in [7, 11) is 0. The minimum atomic E-state index is -4.68. The monoisotopic (exact) mass is 517 g/mol. The Kier molecular flexibility index (Phi) is 7.44. The van der Waals surface area contributed by atoms with E-state index in [9.17, 15) is 22.8 Å². The lowest BCUT2D eigenvalue weighted by Gasteiger charge is -2.38. The fourth-order valence-electron chi connectivity index (χ4n) is 3.62. The molecule has 0 aliphatic carbocycles. The first-order valence-electron chi connectivity index (χ1n) is 11.6. The molecule has 0 bridgehead atoms. The van der Waals surface area contributed by atoms with Gasteiger partial charge in [0.05, 0.1) is 25.4 Å². The molecule has 4 rings (SSSR count). The second-order valence-corrected chi connectivity index (χ2v) is 8.84.